The number of carbonyl (C=O) groups excluding carboxylic acids is 3. The first-order valence-corrected chi connectivity index (χ1v) is 9.97. The van der Waals surface area contributed by atoms with Crippen LogP contribution in [0.4, 0.5) is 5.69 Å². The van der Waals surface area contributed by atoms with Crippen molar-refractivity contribution in [1.82, 2.24) is 0 Å². The summed E-state index contributed by atoms with van der Waals surface area (Å²) >= 11 is 0. The Morgan fingerprint density at radius 1 is 1.04 bits per heavy atom. The minimum absolute atomic E-state index is 0.135. The maximum Gasteiger partial charge on any atom is 0.238 e. The molecule has 1 aromatic carbocycles. The second-order valence-corrected chi connectivity index (χ2v) is 7.38. The van der Waals surface area contributed by atoms with Crippen LogP contribution >= 0.6 is 0 Å². The highest BCUT2D eigenvalue weighted by Crippen LogP contribution is 2.43. The molecule has 4 nitrogen and oxygen atoms in total. The lowest BCUT2D eigenvalue weighted by molar-refractivity contribution is -0.131. The molecule has 0 aliphatic carbocycles. The van der Waals surface area contributed by atoms with Crippen molar-refractivity contribution >= 4 is 23.8 Å². The van der Waals surface area contributed by atoms with Gasteiger partial charge in [-0.15, -0.1) is 0 Å². The molecule has 142 valence electrons. The molecular weight excluding hydrogens is 326 g/mol. The van der Waals surface area contributed by atoms with Gasteiger partial charge in [-0.2, -0.15) is 0 Å². The fourth-order valence-electron chi connectivity index (χ4n) is 3.99. The molecule has 1 heterocycles. The Balaban J connectivity index is 2.08. The first-order valence-electron chi connectivity index (χ1n) is 9.97. The maximum atomic E-state index is 13.0. The van der Waals surface area contributed by atoms with E-state index in [0.717, 1.165) is 19.1 Å². The summed E-state index contributed by atoms with van der Waals surface area (Å²) < 4.78 is 0. The number of hydrogen-bond acceptors (Lipinski definition) is 3. The van der Waals surface area contributed by atoms with Crippen LogP contribution in [-0.4, -0.2) is 18.1 Å². The highest BCUT2D eigenvalue weighted by molar-refractivity contribution is 6.21. The number of aldehydes is 1. The van der Waals surface area contributed by atoms with Crippen LogP contribution < -0.4 is 4.90 Å². The van der Waals surface area contributed by atoms with E-state index in [4.69, 9.17) is 0 Å². The third kappa shape index (κ3) is 4.40. The molecule has 0 bridgehead atoms. The first kappa shape index (κ1) is 20.3. The molecule has 0 spiro atoms. The van der Waals surface area contributed by atoms with E-state index in [1.807, 2.05) is 25.1 Å². The van der Waals surface area contributed by atoms with Crippen LogP contribution in [0.2, 0.25) is 0 Å². The van der Waals surface area contributed by atoms with Gasteiger partial charge in [-0.1, -0.05) is 70.6 Å². The molecule has 1 saturated heterocycles. The Morgan fingerprint density at radius 3 is 2.31 bits per heavy atom. The number of para-hydroxylation sites is 1. The van der Waals surface area contributed by atoms with Crippen molar-refractivity contribution in [1.29, 1.82) is 0 Å². The van der Waals surface area contributed by atoms with Gasteiger partial charge in [0.2, 0.25) is 11.8 Å². The van der Waals surface area contributed by atoms with Crippen molar-refractivity contribution in [3.05, 3.63) is 30.3 Å². The van der Waals surface area contributed by atoms with Gasteiger partial charge in [0.15, 0.2) is 0 Å². The van der Waals surface area contributed by atoms with Crippen molar-refractivity contribution < 1.29 is 14.4 Å². The molecule has 1 aliphatic heterocycles. The standard InChI is InChI=1S/C22H31NO3/c1-3-5-6-7-8-12-15-22(4-2,17-24)19-16-20(25)23(21(19)26)18-13-10-9-11-14-18/h9-11,13-14,17,19H,3-8,12,15-16H2,1-2H3/t19-,22?/m0/s1. The van der Waals surface area contributed by atoms with Gasteiger partial charge < -0.3 is 4.79 Å². The largest absolute Gasteiger partial charge is 0.303 e. The summed E-state index contributed by atoms with van der Waals surface area (Å²) in [4.78, 5) is 38.8. The Labute approximate surface area is 157 Å². The van der Waals surface area contributed by atoms with Gasteiger partial charge >= 0.3 is 0 Å². The smallest absolute Gasteiger partial charge is 0.238 e. The third-order valence-electron chi connectivity index (χ3n) is 5.74. The van der Waals surface area contributed by atoms with Crippen molar-refractivity contribution in [3.8, 4) is 0 Å². The zero-order chi connectivity index (χ0) is 19.0. The molecule has 1 unspecified atom stereocenters. The SMILES string of the molecule is CCCCCCCCC(C=O)(CC)[C@H]1CC(=O)N(c2ccccc2)C1=O. The predicted octanol–water partition coefficient (Wildman–Crippen LogP) is 4.91. The van der Waals surface area contributed by atoms with Crippen LogP contribution in [0.5, 0.6) is 0 Å². The van der Waals surface area contributed by atoms with Gasteiger partial charge in [-0.3, -0.25) is 14.5 Å². The number of rotatable bonds is 11. The average molecular weight is 357 g/mol. The van der Waals surface area contributed by atoms with E-state index >= 15 is 0 Å². The van der Waals surface area contributed by atoms with E-state index in [2.05, 4.69) is 6.92 Å². The highest BCUT2D eigenvalue weighted by Gasteiger charge is 2.50. The summed E-state index contributed by atoms with van der Waals surface area (Å²) in [5.41, 5.74) is -0.124. The molecule has 0 aromatic heterocycles. The molecule has 0 saturated carbocycles. The number of nitrogens with zero attached hydrogens (tertiary/aromatic N) is 1. The van der Waals surface area contributed by atoms with Crippen molar-refractivity contribution in [2.45, 2.75) is 71.6 Å². The summed E-state index contributed by atoms with van der Waals surface area (Å²) in [5.74, 6) is -0.955. The van der Waals surface area contributed by atoms with Crippen LogP contribution in [-0.2, 0) is 14.4 Å². The highest BCUT2D eigenvalue weighted by atomic mass is 16.2. The summed E-state index contributed by atoms with van der Waals surface area (Å²) in [6.45, 7) is 4.14. The first-order chi connectivity index (χ1) is 12.6. The lowest BCUT2D eigenvalue weighted by Gasteiger charge is -2.31. The second-order valence-electron chi connectivity index (χ2n) is 7.38. The Kier molecular flexibility index (Phi) is 7.55. The fourth-order valence-corrected chi connectivity index (χ4v) is 3.99. The van der Waals surface area contributed by atoms with Crippen molar-refractivity contribution in [2.75, 3.05) is 4.90 Å². The minimum Gasteiger partial charge on any atom is -0.303 e. The number of hydrogen-bond donors (Lipinski definition) is 0. The lowest BCUT2D eigenvalue weighted by Crippen LogP contribution is -2.38. The van der Waals surface area contributed by atoms with Crippen LogP contribution in [0.15, 0.2) is 30.3 Å². The summed E-state index contributed by atoms with van der Waals surface area (Å²) in [6, 6.07) is 9.01. The molecule has 2 amide bonds. The monoisotopic (exact) mass is 357 g/mol. The van der Waals surface area contributed by atoms with Crippen LogP contribution in [0.3, 0.4) is 0 Å². The molecule has 1 fully saturated rings. The maximum absolute atomic E-state index is 13.0. The summed E-state index contributed by atoms with van der Waals surface area (Å²) in [7, 11) is 0. The van der Waals surface area contributed by atoms with Gasteiger partial charge in [0.25, 0.3) is 0 Å². The molecule has 26 heavy (non-hydrogen) atoms. The topological polar surface area (TPSA) is 54.5 Å². The molecule has 0 radical (unpaired) electrons. The number of unbranched alkanes of at least 4 members (excludes halogenated alkanes) is 5. The third-order valence-corrected chi connectivity index (χ3v) is 5.74. The van der Waals surface area contributed by atoms with E-state index in [1.165, 1.54) is 30.6 Å². The Hall–Kier alpha value is -1.97. The van der Waals surface area contributed by atoms with Gasteiger partial charge in [0, 0.05) is 11.8 Å². The van der Waals surface area contributed by atoms with Gasteiger partial charge in [-0.05, 0) is 25.0 Å². The normalized spacial score (nSPS) is 19.6. The van der Waals surface area contributed by atoms with Crippen molar-refractivity contribution in [3.63, 3.8) is 0 Å². The van der Waals surface area contributed by atoms with E-state index in [-0.39, 0.29) is 18.2 Å². The molecule has 0 N–H and O–H groups in total. The fraction of sp³-hybridized carbons (Fsp3) is 0.591. The van der Waals surface area contributed by atoms with Crippen LogP contribution in [0, 0.1) is 11.3 Å². The van der Waals surface area contributed by atoms with E-state index < -0.39 is 11.3 Å². The number of benzene rings is 1. The quantitative estimate of drug-likeness (QED) is 0.321. The van der Waals surface area contributed by atoms with Crippen molar-refractivity contribution in [2.24, 2.45) is 11.3 Å². The number of amides is 2. The van der Waals surface area contributed by atoms with E-state index in [9.17, 15) is 14.4 Å². The second kappa shape index (κ2) is 9.65. The molecule has 4 heteroatoms. The Morgan fingerprint density at radius 2 is 1.69 bits per heavy atom. The van der Waals surface area contributed by atoms with Gasteiger partial charge in [0.1, 0.15) is 6.29 Å². The summed E-state index contributed by atoms with van der Waals surface area (Å²) in [5, 5.41) is 0. The molecule has 1 aromatic rings. The van der Waals surface area contributed by atoms with E-state index in [0.29, 0.717) is 18.5 Å². The van der Waals surface area contributed by atoms with Crippen LogP contribution in [0.25, 0.3) is 0 Å². The molecule has 2 rings (SSSR count). The number of anilines is 1. The molecular formula is C22H31NO3. The molecule has 1 aliphatic rings. The zero-order valence-corrected chi connectivity index (χ0v) is 16.1. The predicted molar refractivity (Wildman–Crippen MR) is 104 cm³/mol. The number of carbonyl (C=O) groups is 3. The van der Waals surface area contributed by atoms with Gasteiger partial charge in [0.05, 0.1) is 11.6 Å². The lowest BCUT2D eigenvalue weighted by atomic mass is 9.70. The van der Waals surface area contributed by atoms with Gasteiger partial charge in [-0.25, -0.2) is 0 Å². The molecule has 2 atom stereocenters. The number of imide groups is 1. The minimum atomic E-state index is -0.721. The average Bonchev–Trinajstić information content (AvgIpc) is 2.97. The van der Waals surface area contributed by atoms with E-state index in [1.54, 1.807) is 12.1 Å². The Bertz CT molecular complexity index is 613. The summed E-state index contributed by atoms with van der Waals surface area (Å²) in [6.07, 6.45) is 9.21. The van der Waals surface area contributed by atoms with Crippen LogP contribution in [0.1, 0.15) is 71.6 Å². The zero-order valence-electron chi connectivity index (χ0n) is 16.1.